The zero-order chi connectivity index (χ0) is 15.3. The molecule has 5 heteroatoms. The van der Waals surface area contributed by atoms with Gasteiger partial charge in [0, 0.05) is 11.6 Å². The van der Waals surface area contributed by atoms with Gasteiger partial charge in [0.2, 0.25) is 0 Å². The van der Waals surface area contributed by atoms with Crippen LogP contribution < -0.4 is 14.8 Å². The van der Waals surface area contributed by atoms with E-state index in [-0.39, 0.29) is 17.7 Å². The molecular formula is C15H21NO4. The molecule has 1 aromatic rings. The van der Waals surface area contributed by atoms with E-state index in [1.165, 1.54) is 14.0 Å². The minimum absolute atomic E-state index is 0.0514. The Morgan fingerprint density at radius 1 is 1.15 bits per heavy atom. The van der Waals surface area contributed by atoms with Crippen molar-refractivity contribution in [3.05, 3.63) is 23.8 Å². The summed E-state index contributed by atoms with van der Waals surface area (Å²) in [5.41, 5.74) is 0.536. The molecule has 0 unspecified atom stereocenters. The molecule has 0 aliphatic heterocycles. The third-order valence-electron chi connectivity index (χ3n) is 2.67. The monoisotopic (exact) mass is 279 g/mol. The van der Waals surface area contributed by atoms with Gasteiger partial charge in [-0.2, -0.15) is 0 Å². The van der Waals surface area contributed by atoms with Gasteiger partial charge in [0.1, 0.15) is 0 Å². The molecule has 0 fully saturated rings. The minimum Gasteiger partial charge on any atom is -0.493 e. The summed E-state index contributed by atoms with van der Waals surface area (Å²) < 4.78 is 10.8. The number of ketones is 1. The average Bonchev–Trinajstić information content (AvgIpc) is 2.37. The van der Waals surface area contributed by atoms with Crippen LogP contribution in [0, 0.1) is 0 Å². The second-order valence-electron chi connectivity index (χ2n) is 4.85. The summed E-state index contributed by atoms with van der Waals surface area (Å²) in [7, 11) is 1.49. The van der Waals surface area contributed by atoms with Gasteiger partial charge in [-0.05, 0) is 45.9 Å². The third-order valence-corrected chi connectivity index (χ3v) is 2.67. The molecule has 0 saturated heterocycles. The molecule has 0 aliphatic carbocycles. The van der Waals surface area contributed by atoms with Crippen LogP contribution >= 0.6 is 0 Å². The number of hydrogen-bond donors (Lipinski definition) is 1. The number of benzene rings is 1. The van der Waals surface area contributed by atoms with E-state index in [1.54, 1.807) is 25.1 Å². The fourth-order valence-corrected chi connectivity index (χ4v) is 1.63. The van der Waals surface area contributed by atoms with E-state index in [0.717, 1.165) is 0 Å². The molecule has 0 aliphatic rings. The molecule has 0 bridgehead atoms. The molecule has 1 rings (SSSR count). The number of carbonyl (C=O) groups excluding carboxylic acids is 2. The highest BCUT2D eigenvalue weighted by Gasteiger charge is 2.18. The highest BCUT2D eigenvalue weighted by Crippen LogP contribution is 2.29. The van der Waals surface area contributed by atoms with Crippen LogP contribution in [0.1, 0.15) is 38.1 Å². The van der Waals surface area contributed by atoms with Gasteiger partial charge in [-0.3, -0.25) is 9.59 Å². The Morgan fingerprint density at radius 3 is 2.30 bits per heavy atom. The third kappa shape index (κ3) is 4.26. The van der Waals surface area contributed by atoms with E-state index in [0.29, 0.717) is 17.1 Å². The highest BCUT2D eigenvalue weighted by atomic mass is 16.5. The van der Waals surface area contributed by atoms with E-state index in [9.17, 15) is 9.59 Å². The first-order chi connectivity index (χ1) is 9.35. The van der Waals surface area contributed by atoms with Crippen LogP contribution in [0.2, 0.25) is 0 Å². The number of hydrogen-bond acceptors (Lipinski definition) is 4. The Hall–Kier alpha value is -2.04. The predicted octanol–water partition coefficient (Wildman–Crippen LogP) is 2.19. The van der Waals surface area contributed by atoms with Gasteiger partial charge in [-0.1, -0.05) is 0 Å². The number of ether oxygens (including phenoxy) is 2. The molecule has 0 heterocycles. The molecule has 20 heavy (non-hydrogen) atoms. The smallest absolute Gasteiger partial charge is 0.260 e. The maximum absolute atomic E-state index is 11.8. The summed E-state index contributed by atoms with van der Waals surface area (Å²) >= 11 is 0. The zero-order valence-electron chi connectivity index (χ0n) is 12.5. The van der Waals surface area contributed by atoms with Gasteiger partial charge >= 0.3 is 0 Å². The van der Waals surface area contributed by atoms with Crippen LogP contribution in [-0.4, -0.2) is 30.9 Å². The normalized spacial score (nSPS) is 11.9. The van der Waals surface area contributed by atoms with Crippen LogP contribution in [0.4, 0.5) is 0 Å². The number of methoxy groups -OCH3 is 1. The number of amides is 1. The molecule has 1 aromatic carbocycles. The molecule has 0 radical (unpaired) electrons. The number of Topliss-reactive ketones (excluding diaryl/α,β-unsaturated/α-hetero) is 1. The lowest BCUT2D eigenvalue weighted by Gasteiger charge is -2.18. The summed E-state index contributed by atoms with van der Waals surface area (Å²) in [4.78, 5) is 23.1. The molecule has 1 N–H and O–H groups in total. The Labute approximate surface area is 119 Å². The summed E-state index contributed by atoms with van der Waals surface area (Å²) in [6, 6.07) is 4.93. The van der Waals surface area contributed by atoms with Crippen molar-refractivity contribution >= 4 is 11.7 Å². The van der Waals surface area contributed by atoms with Crippen molar-refractivity contribution in [1.29, 1.82) is 0 Å². The Bertz CT molecular complexity index is 497. The summed E-state index contributed by atoms with van der Waals surface area (Å²) in [6.45, 7) is 6.91. The van der Waals surface area contributed by atoms with Crippen molar-refractivity contribution in [2.24, 2.45) is 0 Å². The van der Waals surface area contributed by atoms with Gasteiger partial charge in [0.05, 0.1) is 7.11 Å². The lowest BCUT2D eigenvalue weighted by molar-refractivity contribution is -0.127. The van der Waals surface area contributed by atoms with E-state index in [2.05, 4.69) is 5.32 Å². The van der Waals surface area contributed by atoms with Crippen LogP contribution in [0.15, 0.2) is 18.2 Å². The first kappa shape index (κ1) is 16.0. The fourth-order valence-electron chi connectivity index (χ4n) is 1.63. The first-order valence-electron chi connectivity index (χ1n) is 6.51. The van der Waals surface area contributed by atoms with Gasteiger partial charge in [-0.15, -0.1) is 0 Å². The Balaban J connectivity index is 2.86. The first-order valence-corrected chi connectivity index (χ1v) is 6.51. The van der Waals surface area contributed by atoms with Crippen molar-refractivity contribution < 1.29 is 19.1 Å². The largest absolute Gasteiger partial charge is 0.493 e. The number of nitrogens with one attached hydrogen (secondary N) is 1. The molecule has 0 spiro atoms. The molecule has 1 atom stereocenters. The quantitative estimate of drug-likeness (QED) is 0.811. The SMILES string of the molecule is COc1cc(C(C)=O)ccc1O[C@H](C)C(=O)NC(C)C. The van der Waals surface area contributed by atoms with Crippen LogP contribution in [0.3, 0.4) is 0 Å². The van der Waals surface area contributed by atoms with Gasteiger partial charge in [0.15, 0.2) is 23.4 Å². The maximum atomic E-state index is 11.8. The number of rotatable bonds is 6. The average molecular weight is 279 g/mol. The van der Waals surface area contributed by atoms with Crippen molar-refractivity contribution in [2.45, 2.75) is 39.8 Å². The van der Waals surface area contributed by atoms with E-state index in [4.69, 9.17) is 9.47 Å². The van der Waals surface area contributed by atoms with Crippen LogP contribution in [0.25, 0.3) is 0 Å². The van der Waals surface area contributed by atoms with Crippen molar-refractivity contribution in [2.75, 3.05) is 7.11 Å². The summed E-state index contributed by atoms with van der Waals surface area (Å²) in [5, 5.41) is 2.77. The van der Waals surface area contributed by atoms with E-state index < -0.39 is 6.10 Å². The molecule has 0 saturated carbocycles. The molecule has 0 aromatic heterocycles. The topological polar surface area (TPSA) is 64.6 Å². The van der Waals surface area contributed by atoms with Gasteiger partial charge < -0.3 is 14.8 Å². The van der Waals surface area contributed by atoms with E-state index in [1.807, 2.05) is 13.8 Å². The van der Waals surface area contributed by atoms with Crippen LogP contribution in [-0.2, 0) is 4.79 Å². The maximum Gasteiger partial charge on any atom is 0.260 e. The second kappa shape index (κ2) is 6.93. The molecular weight excluding hydrogens is 258 g/mol. The predicted molar refractivity (Wildman–Crippen MR) is 76.4 cm³/mol. The van der Waals surface area contributed by atoms with Gasteiger partial charge in [0.25, 0.3) is 5.91 Å². The minimum atomic E-state index is -0.644. The summed E-state index contributed by atoms with van der Waals surface area (Å²) in [6.07, 6.45) is -0.644. The van der Waals surface area contributed by atoms with Crippen LogP contribution in [0.5, 0.6) is 11.5 Å². The molecule has 5 nitrogen and oxygen atoms in total. The second-order valence-corrected chi connectivity index (χ2v) is 4.85. The Kier molecular flexibility index (Phi) is 5.55. The Morgan fingerprint density at radius 2 is 1.80 bits per heavy atom. The van der Waals surface area contributed by atoms with Crippen molar-refractivity contribution in [3.63, 3.8) is 0 Å². The van der Waals surface area contributed by atoms with Gasteiger partial charge in [-0.25, -0.2) is 0 Å². The van der Waals surface area contributed by atoms with E-state index >= 15 is 0 Å². The standard InChI is InChI=1S/C15H21NO4/c1-9(2)16-15(18)11(4)20-13-7-6-12(10(3)17)8-14(13)19-5/h6-9,11H,1-5H3,(H,16,18)/t11-/m1/s1. The lowest BCUT2D eigenvalue weighted by atomic mass is 10.1. The number of carbonyl (C=O) groups is 2. The fraction of sp³-hybridized carbons (Fsp3) is 0.467. The van der Waals surface area contributed by atoms with Crippen molar-refractivity contribution in [1.82, 2.24) is 5.32 Å². The lowest BCUT2D eigenvalue weighted by Crippen LogP contribution is -2.40. The summed E-state index contributed by atoms with van der Waals surface area (Å²) in [5.74, 6) is 0.615. The zero-order valence-corrected chi connectivity index (χ0v) is 12.5. The molecule has 1 amide bonds. The highest BCUT2D eigenvalue weighted by molar-refractivity contribution is 5.94. The molecule has 110 valence electrons. The van der Waals surface area contributed by atoms with Crippen molar-refractivity contribution in [3.8, 4) is 11.5 Å².